The van der Waals surface area contributed by atoms with Gasteiger partial charge in [0.25, 0.3) is 5.91 Å². The summed E-state index contributed by atoms with van der Waals surface area (Å²) >= 11 is 6.23. The highest BCUT2D eigenvalue weighted by Crippen LogP contribution is 2.22. The van der Waals surface area contributed by atoms with E-state index in [1.54, 1.807) is 30.4 Å². The van der Waals surface area contributed by atoms with Crippen LogP contribution in [0.5, 0.6) is 0 Å². The second-order valence-corrected chi connectivity index (χ2v) is 8.70. The number of halogens is 1. The van der Waals surface area contributed by atoms with Crippen LogP contribution >= 0.6 is 38.6 Å². The third-order valence-electron chi connectivity index (χ3n) is 3.05. The zero-order valence-corrected chi connectivity index (χ0v) is 16.3. The van der Waals surface area contributed by atoms with Crippen LogP contribution in [-0.2, 0) is 11.3 Å². The van der Waals surface area contributed by atoms with Crippen molar-refractivity contribution in [3.8, 4) is 0 Å². The Morgan fingerprint density at radius 1 is 1.30 bits per heavy atom. The molecule has 2 amide bonds. The minimum atomic E-state index is -0.605. The van der Waals surface area contributed by atoms with E-state index in [2.05, 4.69) is 45.4 Å². The molecule has 1 unspecified atom stereocenters. The lowest BCUT2D eigenvalue weighted by Crippen LogP contribution is -2.44. The molecule has 0 saturated heterocycles. The summed E-state index contributed by atoms with van der Waals surface area (Å²) in [4.78, 5) is 29.1. The van der Waals surface area contributed by atoms with E-state index in [1.165, 1.54) is 11.3 Å². The average Bonchev–Trinajstić information content (AvgIpc) is 3.13. The monoisotopic (exact) mass is 415 g/mol. The molecule has 2 heterocycles. The Morgan fingerprint density at radius 2 is 2.04 bits per heavy atom. The Hall–Kier alpha value is -1.25. The SMILES string of the molecule is CC(NC(=O)c1ccc(Br)s1)C(=O)NCc1csc(C(C)C)n1. The van der Waals surface area contributed by atoms with Crippen molar-refractivity contribution < 1.29 is 9.59 Å². The summed E-state index contributed by atoms with van der Waals surface area (Å²) in [5, 5.41) is 8.49. The first-order valence-electron chi connectivity index (χ1n) is 7.15. The van der Waals surface area contributed by atoms with Gasteiger partial charge in [-0.3, -0.25) is 9.59 Å². The quantitative estimate of drug-likeness (QED) is 0.757. The summed E-state index contributed by atoms with van der Waals surface area (Å²) in [6.45, 7) is 6.20. The molecule has 23 heavy (non-hydrogen) atoms. The van der Waals surface area contributed by atoms with Crippen molar-refractivity contribution >= 4 is 50.4 Å². The second kappa shape index (κ2) is 8.03. The Labute approximate surface area is 151 Å². The van der Waals surface area contributed by atoms with Crippen LogP contribution in [0.2, 0.25) is 0 Å². The number of amides is 2. The van der Waals surface area contributed by atoms with Crippen LogP contribution in [0.15, 0.2) is 21.3 Å². The first kappa shape index (κ1) is 18.1. The Morgan fingerprint density at radius 3 is 2.61 bits per heavy atom. The van der Waals surface area contributed by atoms with Gasteiger partial charge in [-0.25, -0.2) is 4.98 Å². The van der Waals surface area contributed by atoms with Gasteiger partial charge in [0.2, 0.25) is 5.91 Å². The largest absolute Gasteiger partial charge is 0.349 e. The Balaban J connectivity index is 1.83. The highest BCUT2D eigenvalue weighted by atomic mass is 79.9. The normalized spacial score (nSPS) is 12.2. The van der Waals surface area contributed by atoms with E-state index in [4.69, 9.17) is 0 Å². The highest BCUT2D eigenvalue weighted by Gasteiger charge is 2.18. The summed E-state index contributed by atoms with van der Waals surface area (Å²) in [7, 11) is 0. The fourth-order valence-electron chi connectivity index (χ4n) is 1.77. The third kappa shape index (κ3) is 5.12. The average molecular weight is 416 g/mol. The molecule has 124 valence electrons. The number of thiophene rings is 1. The Bertz CT molecular complexity index is 696. The topological polar surface area (TPSA) is 71.1 Å². The number of hydrogen-bond acceptors (Lipinski definition) is 5. The molecule has 0 saturated carbocycles. The van der Waals surface area contributed by atoms with Crippen LogP contribution < -0.4 is 10.6 Å². The van der Waals surface area contributed by atoms with E-state index >= 15 is 0 Å². The fraction of sp³-hybridized carbons (Fsp3) is 0.400. The van der Waals surface area contributed by atoms with E-state index in [-0.39, 0.29) is 11.8 Å². The first-order chi connectivity index (χ1) is 10.9. The number of carbonyl (C=O) groups excluding carboxylic acids is 2. The molecule has 0 bridgehead atoms. The lowest BCUT2D eigenvalue weighted by Gasteiger charge is -2.13. The maximum Gasteiger partial charge on any atom is 0.262 e. The number of hydrogen-bond donors (Lipinski definition) is 2. The summed E-state index contributed by atoms with van der Waals surface area (Å²) in [6.07, 6.45) is 0. The maximum atomic E-state index is 12.1. The van der Waals surface area contributed by atoms with Crippen molar-refractivity contribution in [3.63, 3.8) is 0 Å². The van der Waals surface area contributed by atoms with Gasteiger partial charge in [-0.2, -0.15) is 0 Å². The molecule has 8 heteroatoms. The lowest BCUT2D eigenvalue weighted by atomic mass is 10.2. The molecule has 2 rings (SSSR count). The molecule has 0 aliphatic heterocycles. The molecule has 1 atom stereocenters. The van der Waals surface area contributed by atoms with Crippen molar-refractivity contribution in [2.24, 2.45) is 0 Å². The van der Waals surface area contributed by atoms with Crippen LogP contribution in [0, 0.1) is 0 Å². The first-order valence-corrected chi connectivity index (χ1v) is 9.64. The van der Waals surface area contributed by atoms with E-state index in [9.17, 15) is 9.59 Å². The number of carbonyl (C=O) groups is 2. The molecule has 0 aliphatic carbocycles. The van der Waals surface area contributed by atoms with Crippen LogP contribution in [0.3, 0.4) is 0 Å². The van der Waals surface area contributed by atoms with Gasteiger partial charge in [0.15, 0.2) is 0 Å². The third-order valence-corrected chi connectivity index (χ3v) is 5.86. The van der Waals surface area contributed by atoms with Gasteiger partial charge in [0, 0.05) is 11.3 Å². The van der Waals surface area contributed by atoms with E-state index in [1.807, 2.05) is 5.38 Å². The number of nitrogens with zero attached hydrogens (tertiary/aromatic N) is 1. The van der Waals surface area contributed by atoms with Crippen LogP contribution in [-0.4, -0.2) is 22.8 Å². The number of thiazole rings is 1. The molecule has 2 N–H and O–H groups in total. The standard InChI is InChI=1S/C15H18BrN3O2S2/c1-8(2)15-19-10(7-22-15)6-17-13(20)9(3)18-14(21)11-4-5-12(16)23-11/h4-5,7-9H,6H2,1-3H3,(H,17,20)(H,18,21). The molecule has 0 aliphatic rings. The minimum absolute atomic E-state index is 0.229. The van der Waals surface area contributed by atoms with Gasteiger partial charge in [-0.05, 0) is 35.0 Å². The molecule has 2 aromatic heterocycles. The number of rotatable bonds is 6. The smallest absolute Gasteiger partial charge is 0.262 e. The van der Waals surface area contributed by atoms with Crippen molar-refractivity contribution in [3.05, 3.63) is 36.9 Å². The fourth-order valence-corrected chi connectivity index (χ4v) is 3.89. The molecule has 2 aromatic rings. The summed E-state index contributed by atoms with van der Waals surface area (Å²) in [5.74, 6) is -0.0973. The van der Waals surface area contributed by atoms with Crippen LogP contribution in [0.25, 0.3) is 0 Å². The zero-order chi connectivity index (χ0) is 17.0. The predicted octanol–water partition coefficient (Wildman–Crippen LogP) is 3.53. The molecule has 0 fully saturated rings. The van der Waals surface area contributed by atoms with Crippen molar-refractivity contribution in [1.29, 1.82) is 0 Å². The van der Waals surface area contributed by atoms with Gasteiger partial charge in [0.05, 0.1) is 25.9 Å². The maximum absolute atomic E-state index is 12.1. The van der Waals surface area contributed by atoms with E-state index in [0.29, 0.717) is 17.3 Å². The Kier molecular flexibility index (Phi) is 6.32. The van der Waals surface area contributed by atoms with E-state index in [0.717, 1.165) is 14.5 Å². The lowest BCUT2D eigenvalue weighted by molar-refractivity contribution is -0.122. The van der Waals surface area contributed by atoms with Crippen LogP contribution in [0.1, 0.15) is 47.1 Å². The molecule has 0 aromatic carbocycles. The van der Waals surface area contributed by atoms with Crippen molar-refractivity contribution in [2.75, 3.05) is 0 Å². The summed E-state index contributed by atoms with van der Waals surface area (Å²) in [5.41, 5.74) is 0.841. The van der Waals surface area contributed by atoms with Gasteiger partial charge >= 0.3 is 0 Å². The number of aromatic nitrogens is 1. The van der Waals surface area contributed by atoms with Gasteiger partial charge < -0.3 is 10.6 Å². The van der Waals surface area contributed by atoms with Gasteiger partial charge in [0.1, 0.15) is 6.04 Å². The summed E-state index contributed by atoms with van der Waals surface area (Å²) in [6, 6.07) is 2.92. The molecule has 0 spiro atoms. The minimum Gasteiger partial charge on any atom is -0.349 e. The molecule has 0 radical (unpaired) electrons. The molecular formula is C15H18BrN3O2S2. The summed E-state index contributed by atoms with van der Waals surface area (Å²) < 4.78 is 0.879. The highest BCUT2D eigenvalue weighted by molar-refractivity contribution is 9.11. The second-order valence-electron chi connectivity index (χ2n) is 5.35. The van der Waals surface area contributed by atoms with Crippen molar-refractivity contribution in [2.45, 2.75) is 39.3 Å². The van der Waals surface area contributed by atoms with Gasteiger partial charge in [-0.1, -0.05) is 13.8 Å². The molecule has 5 nitrogen and oxygen atoms in total. The number of nitrogens with one attached hydrogen (secondary N) is 2. The zero-order valence-electron chi connectivity index (χ0n) is 13.1. The van der Waals surface area contributed by atoms with Crippen molar-refractivity contribution in [1.82, 2.24) is 15.6 Å². The van der Waals surface area contributed by atoms with E-state index < -0.39 is 6.04 Å². The molecular weight excluding hydrogens is 398 g/mol. The van der Waals surface area contributed by atoms with Crippen LogP contribution in [0.4, 0.5) is 0 Å². The van der Waals surface area contributed by atoms with Gasteiger partial charge in [-0.15, -0.1) is 22.7 Å². The predicted molar refractivity (Wildman–Crippen MR) is 97.0 cm³/mol.